The Morgan fingerprint density at radius 2 is 1.44 bits per heavy atom. The van der Waals surface area contributed by atoms with Crippen molar-refractivity contribution >= 4 is 23.7 Å². The zero-order valence-electron chi connectivity index (χ0n) is 21.4. The van der Waals surface area contributed by atoms with Gasteiger partial charge in [0.25, 0.3) is 0 Å². The number of rotatable bonds is 4. The van der Waals surface area contributed by atoms with E-state index in [0.29, 0.717) is 36.4 Å². The Morgan fingerprint density at radius 1 is 0.824 bits per heavy atom. The molecule has 0 radical (unpaired) electrons. The molecule has 4 saturated carbocycles. The normalized spacial score (nSPS) is 45.4. The lowest BCUT2D eigenvalue weighted by molar-refractivity contribution is -0.234. The predicted octanol–water partition coefficient (Wildman–Crippen LogP) is 4.25. The minimum atomic E-state index is -0.814. The van der Waals surface area contributed by atoms with Gasteiger partial charge in [-0.05, 0) is 67.1 Å². The monoisotopic (exact) mass is 476 g/mol. The largest absolute Gasteiger partial charge is 0.458 e. The van der Waals surface area contributed by atoms with Crippen molar-refractivity contribution in [2.24, 2.45) is 40.4 Å². The van der Waals surface area contributed by atoms with Gasteiger partial charge in [0, 0.05) is 39.0 Å². The fourth-order valence-electron chi connectivity index (χ4n) is 8.90. The fourth-order valence-corrected chi connectivity index (χ4v) is 8.90. The Balaban J connectivity index is 1.71. The van der Waals surface area contributed by atoms with Gasteiger partial charge >= 0.3 is 17.9 Å². The Kier molecular flexibility index (Phi) is 6.62. The lowest BCUT2D eigenvalue weighted by Crippen LogP contribution is -2.64. The third-order valence-corrected chi connectivity index (χ3v) is 10.0. The first-order valence-electron chi connectivity index (χ1n) is 13.0. The van der Waals surface area contributed by atoms with Crippen LogP contribution >= 0.6 is 0 Å². The van der Waals surface area contributed by atoms with E-state index in [1.54, 1.807) is 0 Å². The molecule has 34 heavy (non-hydrogen) atoms. The topological polar surface area (TPSA) is 96.0 Å². The van der Waals surface area contributed by atoms with Gasteiger partial charge in [-0.2, -0.15) is 0 Å². The predicted molar refractivity (Wildman–Crippen MR) is 123 cm³/mol. The number of Topliss-reactive ketones (excluding diaryl/α,β-unsaturated/α-hetero) is 1. The minimum absolute atomic E-state index is 0.00255. The molecule has 7 heteroatoms. The fraction of sp³-hybridized carbons (Fsp3) is 0.852. The maximum atomic E-state index is 12.9. The lowest BCUT2D eigenvalue weighted by Gasteiger charge is -2.62. The van der Waals surface area contributed by atoms with Crippen molar-refractivity contribution in [3.8, 4) is 0 Å². The van der Waals surface area contributed by atoms with Gasteiger partial charge in [-0.1, -0.05) is 20.8 Å². The van der Waals surface area contributed by atoms with E-state index in [0.717, 1.165) is 32.1 Å². The van der Waals surface area contributed by atoms with Gasteiger partial charge in [-0.25, -0.2) is 0 Å². The standard InChI is InChI=1S/C27H40O7/c1-7-18-22(31)12-21-17-8-9-20-24(33-15(3)29)25(34-16(4)30)23(32-14(2)28)13-27(20,6)19(17)10-11-26(18,21)5/h17-21,23-25H,7-13H2,1-6H3/t17-,18-,19-,20+,21+,23-,24+,25-,26+,27-/m1/s1. The summed E-state index contributed by atoms with van der Waals surface area (Å²) < 4.78 is 17.2. The van der Waals surface area contributed by atoms with Gasteiger partial charge in [0.15, 0.2) is 6.10 Å². The Morgan fingerprint density at radius 3 is 2.03 bits per heavy atom. The number of hydrogen-bond acceptors (Lipinski definition) is 7. The highest BCUT2D eigenvalue weighted by Crippen LogP contribution is 2.67. The van der Waals surface area contributed by atoms with Gasteiger partial charge in [0.1, 0.15) is 18.0 Å². The summed E-state index contributed by atoms with van der Waals surface area (Å²) in [7, 11) is 0. The zero-order valence-corrected chi connectivity index (χ0v) is 21.4. The summed E-state index contributed by atoms with van der Waals surface area (Å²) in [5.74, 6) is 0.316. The van der Waals surface area contributed by atoms with E-state index < -0.39 is 36.2 Å². The number of carbonyl (C=O) groups is 4. The molecule has 4 rings (SSSR count). The SMILES string of the molecule is CC[C@@H]1C(=O)C[C@H]2[C@@H]3CC[C@H]4[C@H](OC(C)=O)[C@H](OC(C)=O)[C@H](OC(C)=O)C[C@]4(C)[C@@H]3CC[C@@]12C. The van der Waals surface area contributed by atoms with E-state index in [1.807, 2.05) is 0 Å². The van der Waals surface area contributed by atoms with Crippen molar-refractivity contribution in [3.05, 3.63) is 0 Å². The number of carbonyl (C=O) groups excluding carboxylic acids is 4. The van der Waals surface area contributed by atoms with Crippen molar-refractivity contribution in [2.75, 3.05) is 0 Å². The van der Waals surface area contributed by atoms with Crippen LogP contribution in [0.5, 0.6) is 0 Å². The summed E-state index contributed by atoms with van der Waals surface area (Å²) in [6.45, 7) is 10.7. The van der Waals surface area contributed by atoms with Gasteiger partial charge in [0.2, 0.25) is 0 Å². The molecular weight excluding hydrogens is 436 g/mol. The lowest BCUT2D eigenvalue weighted by atomic mass is 9.44. The Hall–Kier alpha value is -1.92. The Labute approximate surface area is 202 Å². The van der Waals surface area contributed by atoms with E-state index in [1.165, 1.54) is 20.8 Å². The second-order valence-electron chi connectivity index (χ2n) is 11.7. The number of hydrogen-bond donors (Lipinski definition) is 0. The van der Waals surface area contributed by atoms with Gasteiger partial charge < -0.3 is 14.2 Å². The molecule has 0 N–H and O–H groups in total. The van der Waals surface area contributed by atoms with E-state index in [4.69, 9.17) is 14.2 Å². The van der Waals surface area contributed by atoms with Crippen LogP contribution in [-0.2, 0) is 33.4 Å². The molecule has 0 unspecified atom stereocenters. The number of ether oxygens (including phenoxy) is 3. The summed E-state index contributed by atoms with van der Waals surface area (Å²) in [5, 5.41) is 0. The van der Waals surface area contributed by atoms with Crippen molar-refractivity contribution in [2.45, 2.75) is 105 Å². The molecule has 10 atom stereocenters. The summed E-state index contributed by atoms with van der Waals surface area (Å²) in [6, 6.07) is 0. The highest BCUT2D eigenvalue weighted by atomic mass is 16.6. The van der Waals surface area contributed by atoms with E-state index >= 15 is 0 Å². The molecule has 0 amide bonds. The van der Waals surface area contributed by atoms with Crippen LogP contribution in [0.3, 0.4) is 0 Å². The third kappa shape index (κ3) is 3.97. The molecule has 0 heterocycles. The molecule has 4 aliphatic carbocycles. The summed E-state index contributed by atoms with van der Waals surface area (Å²) in [4.78, 5) is 49.0. The molecule has 0 aromatic rings. The summed E-state index contributed by atoms with van der Waals surface area (Å²) in [5.41, 5.74) is -0.204. The Bertz CT molecular complexity index is 867. The van der Waals surface area contributed by atoms with Crippen LogP contribution in [-0.4, -0.2) is 42.0 Å². The molecule has 0 aliphatic heterocycles. The molecule has 4 aliphatic rings. The molecular formula is C27H40O7. The first-order valence-corrected chi connectivity index (χ1v) is 13.0. The second-order valence-corrected chi connectivity index (χ2v) is 11.7. The number of esters is 3. The molecule has 0 saturated heterocycles. The van der Waals surface area contributed by atoms with Crippen molar-refractivity contribution in [1.82, 2.24) is 0 Å². The molecule has 7 nitrogen and oxygen atoms in total. The summed E-state index contributed by atoms with van der Waals surface area (Å²) >= 11 is 0. The molecule has 0 aromatic carbocycles. The van der Waals surface area contributed by atoms with Crippen LogP contribution < -0.4 is 0 Å². The summed E-state index contributed by atoms with van der Waals surface area (Å²) in [6.07, 6.45) is 3.79. The van der Waals surface area contributed by atoms with Crippen LogP contribution in [0.1, 0.15) is 86.5 Å². The molecule has 190 valence electrons. The van der Waals surface area contributed by atoms with E-state index in [-0.39, 0.29) is 22.7 Å². The smallest absolute Gasteiger partial charge is 0.303 e. The van der Waals surface area contributed by atoms with Crippen molar-refractivity contribution in [3.63, 3.8) is 0 Å². The molecule has 0 aromatic heterocycles. The number of fused-ring (bicyclic) bond motifs is 5. The van der Waals surface area contributed by atoms with Gasteiger partial charge in [-0.15, -0.1) is 0 Å². The number of ketones is 1. The molecule has 0 bridgehead atoms. The van der Waals surface area contributed by atoms with Crippen LogP contribution in [0.15, 0.2) is 0 Å². The first-order chi connectivity index (χ1) is 15.9. The maximum absolute atomic E-state index is 12.9. The maximum Gasteiger partial charge on any atom is 0.303 e. The van der Waals surface area contributed by atoms with Crippen LogP contribution in [0.4, 0.5) is 0 Å². The van der Waals surface area contributed by atoms with Crippen molar-refractivity contribution < 1.29 is 33.4 Å². The average molecular weight is 477 g/mol. The van der Waals surface area contributed by atoms with Gasteiger partial charge in [-0.3, -0.25) is 19.2 Å². The van der Waals surface area contributed by atoms with Crippen LogP contribution in [0.25, 0.3) is 0 Å². The molecule has 4 fully saturated rings. The highest BCUT2D eigenvalue weighted by Gasteiger charge is 2.65. The minimum Gasteiger partial charge on any atom is -0.458 e. The van der Waals surface area contributed by atoms with Gasteiger partial charge in [0.05, 0.1) is 0 Å². The zero-order chi connectivity index (χ0) is 25.0. The highest BCUT2D eigenvalue weighted by molar-refractivity contribution is 5.84. The van der Waals surface area contributed by atoms with Crippen LogP contribution in [0.2, 0.25) is 0 Å². The van der Waals surface area contributed by atoms with E-state index in [9.17, 15) is 19.2 Å². The first kappa shape index (κ1) is 25.2. The average Bonchev–Trinajstić information content (AvgIpc) is 2.98. The second kappa shape index (κ2) is 8.94. The quantitative estimate of drug-likeness (QED) is 0.442. The third-order valence-electron chi connectivity index (χ3n) is 10.0. The van der Waals surface area contributed by atoms with E-state index in [2.05, 4.69) is 20.8 Å². The molecule has 0 spiro atoms. The van der Waals surface area contributed by atoms with Crippen LogP contribution in [0, 0.1) is 40.4 Å². The van der Waals surface area contributed by atoms with Crippen molar-refractivity contribution in [1.29, 1.82) is 0 Å².